The number of rotatable bonds is 6. The van der Waals surface area contributed by atoms with E-state index in [0.717, 1.165) is 43.1 Å². The van der Waals surface area contributed by atoms with E-state index in [9.17, 15) is 4.79 Å². The molecule has 1 aliphatic heterocycles. The molecule has 1 aliphatic rings. The Balaban J connectivity index is 1.98. The highest BCUT2D eigenvalue weighted by molar-refractivity contribution is 7.96. The zero-order chi connectivity index (χ0) is 18.5. The molecule has 140 valence electrons. The second kappa shape index (κ2) is 8.70. The van der Waals surface area contributed by atoms with Gasteiger partial charge in [0.25, 0.3) is 5.56 Å². The van der Waals surface area contributed by atoms with Crippen LogP contribution in [0.2, 0.25) is 0 Å². The topological polar surface area (TPSA) is 61.6 Å². The number of anilines is 1. The first-order chi connectivity index (χ1) is 12.6. The SMILES string of the molecule is CSN1CCN(c2nc(CCCO)cn(-c3ccc(C)cc3)c2=O)CC1. The van der Waals surface area contributed by atoms with Crippen molar-refractivity contribution >= 4 is 17.8 Å². The number of hydrogen-bond acceptors (Lipinski definition) is 6. The number of aliphatic hydroxyl groups excluding tert-OH is 1. The third-order valence-corrected chi connectivity index (χ3v) is 5.52. The zero-order valence-corrected chi connectivity index (χ0v) is 16.2. The molecular weight excluding hydrogens is 348 g/mol. The number of nitrogens with zero attached hydrogens (tertiary/aromatic N) is 4. The quantitative estimate of drug-likeness (QED) is 0.779. The summed E-state index contributed by atoms with van der Waals surface area (Å²) in [6.07, 6.45) is 5.18. The van der Waals surface area contributed by atoms with Crippen molar-refractivity contribution in [3.63, 3.8) is 0 Å². The molecule has 1 aromatic heterocycles. The van der Waals surface area contributed by atoms with Gasteiger partial charge in [0.05, 0.1) is 5.69 Å². The van der Waals surface area contributed by atoms with Crippen molar-refractivity contribution in [1.82, 2.24) is 13.9 Å². The first-order valence-electron chi connectivity index (χ1n) is 8.97. The van der Waals surface area contributed by atoms with Crippen molar-refractivity contribution in [2.24, 2.45) is 0 Å². The molecule has 1 fully saturated rings. The van der Waals surface area contributed by atoms with Crippen LogP contribution >= 0.6 is 11.9 Å². The highest BCUT2D eigenvalue weighted by atomic mass is 32.2. The molecule has 1 saturated heterocycles. The normalized spacial score (nSPS) is 15.4. The van der Waals surface area contributed by atoms with Crippen LogP contribution in [0.5, 0.6) is 0 Å². The Morgan fingerprint density at radius 2 is 1.85 bits per heavy atom. The van der Waals surface area contributed by atoms with Crippen molar-refractivity contribution in [2.45, 2.75) is 19.8 Å². The van der Waals surface area contributed by atoms with Gasteiger partial charge in [-0.15, -0.1) is 0 Å². The smallest absolute Gasteiger partial charge is 0.298 e. The van der Waals surface area contributed by atoms with E-state index < -0.39 is 0 Å². The Labute approximate surface area is 158 Å². The molecule has 1 aromatic carbocycles. The summed E-state index contributed by atoms with van der Waals surface area (Å²) in [6.45, 7) is 5.55. The fourth-order valence-corrected chi connectivity index (χ4v) is 3.62. The van der Waals surface area contributed by atoms with E-state index in [1.807, 2.05) is 37.4 Å². The van der Waals surface area contributed by atoms with E-state index >= 15 is 0 Å². The van der Waals surface area contributed by atoms with Gasteiger partial charge in [0.15, 0.2) is 5.82 Å². The molecule has 1 N–H and O–H groups in total. The Kier molecular flexibility index (Phi) is 6.34. The van der Waals surface area contributed by atoms with Gasteiger partial charge < -0.3 is 10.0 Å². The van der Waals surface area contributed by atoms with Gasteiger partial charge in [-0.3, -0.25) is 9.36 Å². The van der Waals surface area contributed by atoms with Gasteiger partial charge in [0.1, 0.15) is 0 Å². The molecule has 6 nitrogen and oxygen atoms in total. The molecule has 0 amide bonds. The number of aliphatic hydroxyl groups is 1. The minimum absolute atomic E-state index is 0.0841. The standard InChI is InChI=1S/C19H26N4O2S/c1-15-5-7-17(8-6-15)23-14-16(4-3-13-24)20-18(19(23)25)21-9-11-22(26-2)12-10-21/h5-8,14,24H,3-4,9-13H2,1-2H3. The molecule has 7 heteroatoms. The average molecular weight is 375 g/mol. The lowest BCUT2D eigenvalue weighted by Crippen LogP contribution is -2.46. The van der Waals surface area contributed by atoms with Crippen LogP contribution in [0, 0.1) is 6.92 Å². The van der Waals surface area contributed by atoms with Gasteiger partial charge in [-0.1, -0.05) is 29.6 Å². The van der Waals surface area contributed by atoms with Crippen LogP contribution in [0.25, 0.3) is 5.69 Å². The fraction of sp³-hybridized carbons (Fsp3) is 0.474. The van der Waals surface area contributed by atoms with Crippen LogP contribution in [0.1, 0.15) is 17.7 Å². The molecule has 0 aliphatic carbocycles. The molecule has 0 unspecified atom stereocenters. The first kappa shape index (κ1) is 18.9. The lowest BCUT2D eigenvalue weighted by atomic mass is 10.2. The van der Waals surface area contributed by atoms with Gasteiger partial charge in [0.2, 0.25) is 0 Å². The summed E-state index contributed by atoms with van der Waals surface area (Å²) < 4.78 is 3.99. The predicted octanol–water partition coefficient (Wildman–Crippen LogP) is 1.87. The van der Waals surface area contributed by atoms with Crippen LogP contribution in [-0.2, 0) is 6.42 Å². The molecule has 0 bridgehead atoms. The van der Waals surface area contributed by atoms with E-state index in [4.69, 9.17) is 5.11 Å². The molecule has 2 aromatic rings. The van der Waals surface area contributed by atoms with E-state index in [1.54, 1.807) is 16.5 Å². The summed E-state index contributed by atoms with van der Waals surface area (Å²) in [6, 6.07) is 7.93. The maximum atomic E-state index is 13.1. The maximum Gasteiger partial charge on any atom is 0.298 e. The van der Waals surface area contributed by atoms with Crippen molar-refractivity contribution < 1.29 is 5.11 Å². The maximum absolute atomic E-state index is 13.1. The summed E-state index contributed by atoms with van der Waals surface area (Å²) in [7, 11) is 0. The third kappa shape index (κ3) is 4.28. The zero-order valence-electron chi connectivity index (χ0n) is 15.4. The molecule has 0 spiro atoms. The minimum atomic E-state index is -0.0841. The largest absolute Gasteiger partial charge is 0.396 e. The molecular formula is C19H26N4O2S. The number of piperazine rings is 1. The van der Waals surface area contributed by atoms with E-state index in [-0.39, 0.29) is 12.2 Å². The Hall–Kier alpha value is -1.83. The Bertz CT molecular complexity index is 783. The fourth-order valence-electron chi connectivity index (χ4n) is 3.09. The van der Waals surface area contributed by atoms with Crippen molar-refractivity contribution in [3.8, 4) is 5.69 Å². The number of hydrogen-bond donors (Lipinski definition) is 1. The summed E-state index contributed by atoms with van der Waals surface area (Å²) >= 11 is 1.74. The van der Waals surface area contributed by atoms with E-state index in [2.05, 4.69) is 20.4 Å². The molecule has 0 atom stereocenters. The highest BCUT2D eigenvalue weighted by Crippen LogP contribution is 2.16. The summed E-state index contributed by atoms with van der Waals surface area (Å²) in [5.41, 5.74) is 2.75. The van der Waals surface area contributed by atoms with E-state index in [0.29, 0.717) is 18.7 Å². The lowest BCUT2D eigenvalue weighted by molar-refractivity contribution is 0.288. The Morgan fingerprint density at radius 3 is 2.46 bits per heavy atom. The summed E-state index contributed by atoms with van der Waals surface area (Å²) in [4.78, 5) is 19.9. The minimum Gasteiger partial charge on any atom is -0.396 e. The summed E-state index contributed by atoms with van der Waals surface area (Å²) in [5.74, 6) is 0.516. The number of aryl methyl sites for hydroxylation is 2. The third-order valence-electron chi connectivity index (χ3n) is 4.64. The highest BCUT2D eigenvalue weighted by Gasteiger charge is 2.21. The predicted molar refractivity (Wildman–Crippen MR) is 107 cm³/mol. The second-order valence-electron chi connectivity index (χ2n) is 6.49. The van der Waals surface area contributed by atoms with Crippen LogP contribution in [0.3, 0.4) is 0 Å². The molecule has 0 saturated carbocycles. The van der Waals surface area contributed by atoms with Gasteiger partial charge in [0, 0.05) is 44.7 Å². The second-order valence-corrected chi connectivity index (χ2v) is 7.37. The van der Waals surface area contributed by atoms with Gasteiger partial charge in [-0.25, -0.2) is 9.29 Å². The van der Waals surface area contributed by atoms with Gasteiger partial charge in [-0.2, -0.15) is 0 Å². The van der Waals surface area contributed by atoms with Crippen molar-refractivity contribution in [1.29, 1.82) is 0 Å². The van der Waals surface area contributed by atoms with Gasteiger partial charge >= 0.3 is 0 Å². The van der Waals surface area contributed by atoms with Crippen molar-refractivity contribution in [3.05, 3.63) is 52.1 Å². The van der Waals surface area contributed by atoms with Crippen LogP contribution in [-0.4, -0.2) is 58.0 Å². The monoisotopic (exact) mass is 374 g/mol. The average Bonchev–Trinajstić information content (AvgIpc) is 2.68. The lowest BCUT2D eigenvalue weighted by Gasteiger charge is -2.33. The van der Waals surface area contributed by atoms with Crippen LogP contribution in [0.15, 0.2) is 35.3 Å². The molecule has 0 radical (unpaired) electrons. The number of benzene rings is 1. The Morgan fingerprint density at radius 1 is 1.15 bits per heavy atom. The number of aromatic nitrogens is 2. The molecule has 26 heavy (non-hydrogen) atoms. The molecule has 3 rings (SSSR count). The van der Waals surface area contributed by atoms with E-state index in [1.165, 1.54) is 0 Å². The van der Waals surface area contributed by atoms with Crippen LogP contribution < -0.4 is 10.5 Å². The van der Waals surface area contributed by atoms with Crippen LogP contribution in [0.4, 0.5) is 5.82 Å². The van der Waals surface area contributed by atoms with Crippen molar-refractivity contribution in [2.75, 3.05) is 43.9 Å². The summed E-state index contributed by atoms with van der Waals surface area (Å²) in [5, 5.41) is 9.16. The molecule has 2 heterocycles. The van der Waals surface area contributed by atoms with Gasteiger partial charge in [-0.05, 0) is 38.2 Å². The first-order valence-corrected chi connectivity index (χ1v) is 10.1.